The second kappa shape index (κ2) is 10.2. The molecule has 0 aliphatic carbocycles. The zero-order chi connectivity index (χ0) is 23.3. The Morgan fingerprint density at radius 3 is 2.69 bits per heavy atom. The molecule has 8 nitrogen and oxygen atoms in total. The number of carbonyl (C=O) groups excluding carboxylic acids is 4. The van der Waals surface area contributed by atoms with Crippen molar-refractivity contribution in [3.05, 3.63) is 35.6 Å². The molecule has 9 heteroatoms. The second-order valence-electron chi connectivity index (χ2n) is 8.19. The molecule has 0 N–H and O–H groups in total. The number of piperidine rings is 1. The number of nitrogens with zero attached hydrogens (tertiary/aromatic N) is 2. The van der Waals surface area contributed by atoms with Crippen LogP contribution in [-0.4, -0.2) is 73.4 Å². The summed E-state index contributed by atoms with van der Waals surface area (Å²) >= 11 is 0. The zero-order valence-corrected chi connectivity index (χ0v) is 18.5. The predicted octanol–water partition coefficient (Wildman–Crippen LogP) is 1.66. The van der Waals surface area contributed by atoms with Crippen molar-refractivity contribution in [2.45, 2.75) is 38.0 Å². The number of carbonyl (C=O) groups is 4. The Morgan fingerprint density at radius 1 is 1.25 bits per heavy atom. The highest BCUT2D eigenvalue weighted by molar-refractivity contribution is 6.10. The molecule has 3 rings (SSSR count). The third-order valence-electron chi connectivity index (χ3n) is 6.16. The van der Waals surface area contributed by atoms with Crippen molar-refractivity contribution in [3.63, 3.8) is 0 Å². The number of hydrogen-bond acceptors (Lipinski definition) is 6. The highest BCUT2D eigenvalue weighted by Gasteiger charge is 2.55. The van der Waals surface area contributed by atoms with Crippen LogP contribution in [0.2, 0.25) is 0 Å². The number of amides is 3. The first-order chi connectivity index (χ1) is 15.3. The van der Waals surface area contributed by atoms with E-state index in [4.69, 9.17) is 9.47 Å². The van der Waals surface area contributed by atoms with Crippen molar-refractivity contribution in [3.8, 4) is 0 Å². The summed E-state index contributed by atoms with van der Waals surface area (Å²) in [5.41, 5.74) is -1.59. The van der Waals surface area contributed by atoms with Crippen molar-refractivity contribution in [2.24, 2.45) is 5.92 Å². The first kappa shape index (κ1) is 23.8. The van der Waals surface area contributed by atoms with Crippen LogP contribution >= 0.6 is 0 Å². The summed E-state index contributed by atoms with van der Waals surface area (Å²) in [4.78, 5) is 54.1. The molecule has 2 fully saturated rings. The van der Waals surface area contributed by atoms with E-state index in [2.05, 4.69) is 0 Å². The molecular weight excluding hydrogens is 419 g/mol. The van der Waals surface area contributed by atoms with Crippen molar-refractivity contribution in [2.75, 3.05) is 40.0 Å². The molecule has 2 saturated heterocycles. The Balaban J connectivity index is 1.88. The topological polar surface area (TPSA) is 93.2 Å². The van der Waals surface area contributed by atoms with Crippen molar-refractivity contribution < 1.29 is 33.0 Å². The fourth-order valence-corrected chi connectivity index (χ4v) is 4.53. The lowest BCUT2D eigenvalue weighted by Crippen LogP contribution is -2.47. The van der Waals surface area contributed by atoms with Gasteiger partial charge >= 0.3 is 5.97 Å². The molecular formula is C23H29FN2O6. The highest BCUT2D eigenvalue weighted by Crippen LogP contribution is 2.41. The molecule has 1 aromatic carbocycles. The average molecular weight is 448 g/mol. The minimum absolute atomic E-state index is 0.0329. The first-order valence-corrected chi connectivity index (χ1v) is 10.9. The minimum Gasteiger partial charge on any atom is -0.466 e. The number of benzene rings is 1. The molecule has 32 heavy (non-hydrogen) atoms. The van der Waals surface area contributed by atoms with E-state index in [-0.39, 0.29) is 50.7 Å². The third-order valence-corrected chi connectivity index (χ3v) is 6.16. The summed E-state index contributed by atoms with van der Waals surface area (Å²) in [5, 5.41) is 0. The summed E-state index contributed by atoms with van der Waals surface area (Å²) in [6.45, 7) is 2.77. The predicted molar refractivity (Wildman–Crippen MR) is 112 cm³/mol. The molecule has 0 spiro atoms. The highest BCUT2D eigenvalue weighted by atomic mass is 19.1. The zero-order valence-electron chi connectivity index (χ0n) is 18.5. The van der Waals surface area contributed by atoms with Gasteiger partial charge in [0.05, 0.1) is 31.1 Å². The van der Waals surface area contributed by atoms with Gasteiger partial charge in [0, 0.05) is 38.6 Å². The Bertz CT molecular complexity index is 891. The van der Waals surface area contributed by atoms with E-state index in [9.17, 15) is 23.6 Å². The monoisotopic (exact) mass is 448 g/mol. The molecule has 3 amide bonds. The smallest absolute Gasteiger partial charge is 0.310 e. The van der Waals surface area contributed by atoms with Crippen molar-refractivity contribution >= 4 is 23.7 Å². The van der Waals surface area contributed by atoms with Crippen molar-refractivity contribution in [1.82, 2.24) is 9.80 Å². The van der Waals surface area contributed by atoms with Gasteiger partial charge in [0.2, 0.25) is 17.7 Å². The number of imide groups is 1. The maximum Gasteiger partial charge on any atom is 0.310 e. The van der Waals surface area contributed by atoms with Gasteiger partial charge in [0.1, 0.15) is 5.82 Å². The summed E-state index contributed by atoms with van der Waals surface area (Å²) in [5.74, 6) is -2.89. The van der Waals surface area contributed by atoms with Gasteiger partial charge in [-0.3, -0.25) is 24.1 Å². The fraction of sp³-hybridized carbons (Fsp3) is 0.565. The van der Waals surface area contributed by atoms with Gasteiger partial charge in [-0.1, -0.05) is 18.2 Å². The number of methoxy groups -OCH3 is 1. The minimum atomic E-state index is -1.62. The number of likely N-dealkylation sites (tertiary alicyclic amines) is 2. The van der Waals surface area contributed by atoms with Crippen LogP contribution in [0.15, 0.2) is 24.3 Å². The third kappa shape index (κ3) is 4.67. The number of esters is 1. The van der Waals surface area contributed by atoms with Crippen LogP contribution in [0.1, 0.15) is 38.2 Å². The van der Waals surface area contributed by atoms with Crippen LogP contribution in [0, 0.1) is 11.7 Å². The van der Waals surface area contributed by atoms with E-state index in [1.165, 1.54) is 30.2 Å². The quantitative estimate of drug-likeness (QED) is 0.444. The van der Waals surface area contributed by atoms with Gasteiger partial charge in [-0.25, -0.2) is 4.39 Å². The molecule has 2 heterocycles. The number of hydrogen-bond donors (Lipinski definition) is 0. The molecule has 1 aromatic rings. The summed E-state index contributed by atoms with van der Waals surface area (Å²) < 4.78 is 24.9. The molecule has 174 valence electrons. The largest absolute Gasteiger partial charge is 0.466 e. The molecule has 0 bridgehead atoms. The van der Waals surface area contributed by atoms with E-state index < -0.39 is 34.9 Å². The van der Waals surface area contributed by atoms with Crippen LogP contribution in [0.5, 0.6) is 0 Å². The second-order valence-corrected chi connectivity index (χ2v) is 8.19. The average Bonchev–Trinajstić information content (AvgIpc) is 3.02. The molecule has 0 radical (unpaired) electrons. The molecule has 0 unspecified atom stereocenters. The molecule has 2 aliphatic heterocycles. The van der Waals surface area contributed by atoms with E-state index in [0.29, 0.717) is 19.4 Å². The van der Waals surface area contributed by atoms with E-state index in [0.717, 1.165) is 4.90 Å². The summed E-state index contributed by atoms with van der Waals surface area (Å²) in [7, 11) is 1.45. The van der Waals surface area contributed by atoms with Crippen LogP contribution in [-0.2, 0) is 34.1 Å². The van der Waals surface area contributed by atoms with Crippen LogP contribution < -0.4 is 0 Å². The molecule has 2 atom stereocenters. The lowest BCUT2D eigenvalue weighted by Gasteiger charge is -2.34. The molecule has 0 aromatic heterocycles. The Hall–Kier alpha value is -2.81. The number of halogens is 1. The van der Waals surface area contributed by atoms with Gasteiger partial charge in [-0.2, -0.15) is 0 Å². The maximum atomic E-state index is 14.8. The van der Waals surface area contributed by atoms with Crippen LogP contribution in [0.3, 0.4) is 0 Å². The Kier molecular flexibility index (Phi) is 7.60. The maximum absolute atomic E-state index is 14.8. The van der Waals surface area contributed by atoms with E-state index >= 15 is 0 Å². The molecule has 2 aliphatic rings. The van der Waals surface area contributed by atoms with Gasteiger partial charge in [-0.15, -0.1) is 0 Å². The van der Waals surface area contributed by atoms with E-state index in [1.54, 1.807) is 13.0 Å². The van der Waals surface area contributed by atoms with Gasteiger partial charge in [0.25, 0.3) is 0 Å². The lowest BCUT2D eigenvalue weighted by atomic mass is 9.75. The van der Waals surface area contributed by atoms with Gasteiger partial charge < -0.3 is 14.4 Å². The fourth-order valence-electron chi connectivity index (χ4n) is 4.53. The first-order valence-electron chi connectivity index (χ1n) is 10.9. The Labute approximate surface area is 186 Å². The standard InChI is InChI=1S/C23H29FN2O6/c1-3-32-21(29)16-7-6-10-25(15-16)19(27)13-23(17-8-4-5-9-18(17)24)14-20(28)26(22(23)30)11-12-31-2/h4-5,8-9,16H,3,6-7,10-15H2,1-2H3/t16-,23+/m1/s1. The SMILES string of the molecule is CCOC(=O)[C@@H]1CCCN(C(=O)C[C@@]2(c3ccccc3F)CC(=O)N(CCOC)C2=O)C1. The Morgan fingerprint density at radius 2 is 2.00 bits per heavy atom. The normalized spacial score (nSPS) is 23.5. The van der Waals surface area contributed by atoms with Gasteiger partial charge in [-0.05, 0) is 25.8 Å². The van der Waals surface area contributed by atoms with Gasteiger partial charge in [0.15, 0.2) is 0 Å². The van der Waals surface area contributed by atoms with Crippen LogP contribution in [0.25, 0.3) is 0 Å². The lowest BCUT2D eigenvalue weighted by molar-refractivity contribution is -0.152. The summed E-state index contributed by atoms with van der Waals surface area (Å²) in [6.07, 6.45) is 0.590. The summed E-state index contributed by atoms with van der Waals surface area (Å²) in [6, 6.07) is 5.74. The van der Waals surface area contributed by atoms with Crippen molar-refractivity contribution in [1.29, 1.82) is 0 Å². The number of ether oxygens (including phenoxy) is 2. The number of rotatable bonds is 8. The van der Waals surface area contributed by atoms with E-state index in [1.807, 2.05) is 0 Å². The molecule has 0 saturated carbocycles. The van der Waals surface area contributed by atoms with Crippen LogP contribution in [0.4, 0.5) is 4.39 Å².